The molecule has 0 aromatic heterocycles. The lowest BCUT2D eigenvalue weighted by atomic mass is 9.72. The van der Waals surface area contributed by atoms with Crippen LogP contribution in [-0.2, 0) is 28.2 Å². The molecular formula is C25H31NO7Si. The minimum atomic E-state index is -2.50. The number of amides is 1. The molecule has 1 spiro atoms. The van der Waals surface area contributed by atoms with Gasteiger partial charge in [0.1, 0.15) is 12.2 Å². The quantitative estimate of drug-likeness (QED) is 0.277. The number of hydrogen-bond donors (Lipinski definition) is 1. The lowest BCUT2D eigenvalue weighted by Gasteiger charge is -2.51. The molecule has 182 valence electrons. The van der Waals surface area contributed by atoms with Gasteiger partial charge in [0.05, 0.1) is 25.3 Å². The Morgan fingerprint density at radius 1 is 1.35 bits per heavy atom. The first-order valence-electron chi connectivity index (χ1n) is 11.0. The van der Waals surface area contributed by atoms with E-state index in [9.17, 15) is 9.59 Å². The maximum Gasteiger partial charge on any atom is 0.411 e. The lowest BCUT2D eigenvalue weighted by Crippen LogP contribution is -2.60. The number of hydrogen-bond acceptors (Lipinski definition) is 7. The predicted octanol–water partition coefficient (Wildman–Crippen LogP) is 3.18. The van der Waals surface area contributed by atoms with Crippen LogP contribution < -0.4 is 5.32 Å². The van der Waals surface area contributed by atoms with Gasteiger partial charge in [-0.2, -0.15) is 0 Å². The van der Waals surface area contributed by atoms with Crippen molar-refractivity contribution < 1.29 is 33.0 Å². The summed E-state index contributed by atoms with van der Waals surface area (Å²) in [6, 6.07) is 0. The molecule has 1 amide bonds. The fraction of sp³-hybridized carbons (Fsp3) is 0.520. The van der Waals surface area contributed by atoms with Gasteiger partial charge >= 0.3 is 12.1 Å². The van der Waals surface area contributed by atoms with Crippen LogP contribution in [0.4, 0.5) is 4.79 Å². The number of fused-ring (bicyclic) bond motifs is 1. The highest BCUT2D eigenvalue weighted by Crippen LogP contribution is 2.53. The standard InChI is InChI=1S/C25H31NO7Si/c1-9-12-29-22(28)26-21-20-17(15-19(27)32-18(20)10-2)24(11-3,16-25(21)30-13-14-31-25)33-34(7,8)23(4,5)6/h2-3,9,15,18H,1,12-14,16H2,4-8H3,(H,26,28)/t18-,24-/m1/s1. The first-order valence-corrected chi connectivity index (χ1v) is 13.9. The highest BCUT2D eigenvalue weighted by atomic mass is 28.4. The second kappa shape index (κ2) is 9.08. The minimum absolute atomic E-state index is 0.0000135. The molecule has 2 heterocycles. The highest BCUT2D eigenvalue weighted by Gasteiger charge is 2.60. The Hall–Kier alpha value is -2.82. The molecular weight excluding hydrogens is 454 g/mol. The summed E-state index contributed by atoms with van der Waals surface area (Å²) < 4.78 is 29.4. The van der Waals surface area contributed by atoms with E-state index in [2.05, 4.69) is 57.6 Å². The van der Waals surface area contributed by atoms with E-state index in [0.717, 1.165) is 0 Å². The van der Waals surface area contributed by atoms with Gasteiger partial charge in [0.25, 0.3) is 0 Å². The number of cyclic esters (lactones) is 1. The number of carbonyl (C=O) groups excluding carboxylic acids is 2. The SMILES string of the molecule is C#C[C@H]1OC(=O)C=C2C1=C(NC(=O)OCC=C)C1(C[C@@]2(C#C)O[Si](C)(C)C(C)(C)C)OCCO1. The van der Waals surface area contributed by atoms with Crippen LogP contribution in [0.25, 0.3) is 0 Å². The summed E-state index contributed by atoms with van der Waals surface area (Å²) in [5.74, 6) is 3.12. The van der Waals surface area contributed by atoms with Crippen LogP contribution in [0.1, 0.15) is 27.2 Å². The number of terminal acetylenes is 2. The van der Waals surface area contributed by atoms with E-state index >= 15 is 0 Å². The van der Waals surface area contributed by atoms with Gasteiger partial charge in [0.2, 0.25) is 5.79 Å². The van der Waals surface area contributed by atoms with Gasteiger partial charge in [-0.05, 0) is 18.1 Å². The third-order valence-corrected chi connectivity index (χ3v) is 11.0. The molecule has 0 aromatic rings. The molecule has 34 heavy (non-hydrogen) atoms. The van der Waals surface area contributed by atoms with E-state index in [1.165, 1.54) is 12.2 Å². The molecule has 1 N–H and O–H groups in total. The molecule has 8 nitrogen and oxygen atoms in total. The molecule has 2 aliphatic heterocycles. The highest BCUT2D eigenvalue weighted by molar-refractivity contribution is 6.74. The van der Waals surface area contributed by atoms with Gasteiger partial charge in [0.15, 0.2) is 14.4 Å². The molecule has 0 unspecified atom stereocenters. The van der Waals surface area contributed by atoms with Gasteiger partial charge in [-0.25, -0.2) is 9.59 Å². The van der Waals surface area contributed by atoms with E-state index in [4.69, 9.17) is 36.2 Å². The molecule has 3 rings (SSSR count). The Morgan fingerprint density at radius 3 is 2.53 bits per heavy atom. The van der Waals surface area contributed by atoms with Crippen molar-refractivity contribution in [1.29, 1.82) is 0 Å². The maximum atomic E-state index is 12.6. The zero-order valence-electron chi connectivity index (χ0n) is 20.3. The van der Waals surface area contributed by atoms with Crippen LogP contribution in [0.3, 0.4) is 0 Å². The number of carbonyl (C=O) groups is 2. The van der Waals surface area contributed by atoms with E-state index in [-0.39, 0.29) is 37.0 Å². The third-order valence-electron chi connectivity index (χ3n) is 6.55. The Labute approximate surface area is 201 Å². The van der Waals surface area contributed by atoms with Crippen molar-refractivity contribution in [1.82, 2.24) is 5.32 Å². The van der Waals surface area contributed by atoms with Crippen LogP contribution in [-0.4, -0.2) is 57.7 Å². The zero-order valence-corrected chi connectivity index (χ0v) is 21.3. The molecule has 0 radical (unpaired) electrons. The fourth-order valence-electron chi connectivity index (χ4n) is 3.95. The topological polar surface area (TPSA) is 92.3 Å². The molecule has 9 heteroatoms. The number of alkyl carbamates (subject to hydrolysis) is 1. The van der Waals surface area contributed by atoms with Gasteiger partial charge in [0, 0.05) is 17.2 Å². The van der Waals surface area contributed by atoms with Crippen molar-refractivity contribution in [2.45, 2.75) is 62.8 Å². The van der Waals surface area contributed by atoms with Crippen LogP contribution in [0.15, 0.2) is 35.6 Å². The molecule has 1 saturated heterocycles. The fourth-order valence-corrected chi connectivity index (χ4v) is 5.37. The predicted molar refractivity (Wildman–Crippen MR) is 128 cm³/mol. The molecule has 0 aromatic carbocycles. The summed E-state index contributed by atoms with van der Waals surface area (Å²) in [4.78, 5) is 25.1. The zero-order chi connectivity index (χ0) is 25.4. The van der Waals surface area contributed by atoms with Gasteiger partial charge in [-0.1, -0.05) is 45.3 Å². The van der Waals surface area contributed by atoms with Crippen molar-refractivity contribution in [3.8, 4) is 24.7 Å². The van der Waals surface area contributed by atoms with Gasteiger partial charge in [-0.3, -0.25) is 5.32 Å². The van der Waals surface area contributed by atoms with E-state index in [1.54, 1.807) is 0 Å². The van der Waals surface area contributed by atoms with Crippen LogP contribution >= 0.6 is 0 Å². The molecule has 3 aliphatic rings. The van der Waals surface area contributed by atoms with Crippen molar-refractivity contribution in [2.24, 2.45) is 0 Å². The van der Waals surface area contributed by atoms with Crippen LogP contribution in [0.5, 0.6) is 0 Å². The number of ether oxygens (including phenoxy) is 4. The Kier molecular flexibility index (Phi) is 6.89. The summed E-state index contributed by atoms with van der Waals surface area (Å²) in [7, 11) is -2.50. The molecule has 2 atom stereocenters. The maximum absolute atomic E-state index is 12.6. The van der Waals surface area contributed by atoms with Gasteiger partial charge in [-0.15, -0.1) is 12.8 Å². The first-order chi connectivity index (χ1) is 15.8. The Balaban J connectivity index is 2.27. The largest absolute Gasteiger partial charge is 0.445 e. The monoisotopic (exact) mass is 485 g/mol. The average Bonchev–Trinajstić information content (AvgIpc) is 3.22. The van der Waals surface area contributed by atoms with Gasteiger partial charge < -0.3 is 23.4 Å². The van der Waals surface area contributed by atoms with Crippen molar-refractivity contribution in [3.63, 3.8) is 0 Å². The smallest absolute Gasteiger partial charge is 0.411 e. The van der Waals surface area contributed by atoms with E-state index < -0.39 is 37.9 Å². The number of nitrogens with one attached hydrogen (secondary N) is 1. The second-order valence-corrected chi connectivity index (χ2v) is 14.5. The van der Waals surface area contributed by atoms with E-state index in [1.807, 2.05) is 0 Å². The molecule has 0 saturated carbocycles. The van der Waals surface area contributed by atoms with Crippen LogP contribution in [0, 0.1) is 24.7 Å². The second-order valence-electron chi connectivity index (χ2n) is 9.80. The Morgan fingerprint density at radius 2 is 2.00 bits per heavy atom. The van der Waals surface area contributed by atoms with E-state index in [0.29, 0.717) is 11.1 Å². The average molecular weight is 486 g/mol. The third kappa shape index (κ3) is 4.45. The minimum Gasteiger partial charge on any atom is -0.445 e. The molecule has 0 bridgehead atoms. The normalized spacial score (nSPS) is 26.0. The summed E-state index contributed by atoms with van der Waals surface area (Å²) in [5, 5.41) is 2.51. The summed E-state index contributed by atoms with van der Waals surface area (Å²) in [6.07, 6.45) is 12.7. The first kappa shape index (κ1) is 25.8. The van der Waals surface area contributed by atoms with Crippen molar-refractivity contribution >= 4 is 20.4 Å². The van der Waals surface area contributed by atoms with Crippen LogP contribution in [0.2, 0.25) is 18.1 Å². The summed E-state index contributed by atoms with van der Waals surface area (Å²) in [6.45, 7) is 14.4. The molecule has 1 fully saturated rings. The lowest BCUT2D eigenvalue weighted by molar-refractivity contribution is -0.162. The Bertz CT molecular complexity index is 1030. The van der Waals surface area contributed by atoms with Crippen molar-refractivity contribution in [3.05, 3.63) is 35.6 Å². The summed E-state index contributed by atoms with van der Waals surface area (Å²) in [5.41, 5.74) is -0.580. The summed E-state index contributed by atoms with van der Waals surface area (Å²) >= 11 is 0. The number of esters is 1. The number of rotatable bonds is 5. The van der Waals surface area contributed by atoms with Crippen molar-refractivity contribution in [2.75, 3.05) is 19.8 Å². The molecule has 1 aliphatic carbocycles.